The quantitative estimate of drug-likeness (QED) is 0.801. The molecule has 2 aromatic rings. The lowest BCUT2D eigenvalue weighted by Gasteiger charge is -2.02. The van der Waals surface area contributed by atoms with Crippen LogP contribution in [0.4, 0.5) is 5.69 Å². The van der Waals surface area contributed by atoms with Gasteiger partial charge >= 0.3 is 0 Å². The molecule has 1 saturated carbocycles. The summed E-state index contributed by atoms with van der Waals surface area (Å²) >= 11 is 0. The van der Waals surface area contributed by atoms with Crippen LogP contribution in [0.3, 0.4) is 0 Å². The molecule has 0 aliphatic heterocycles. The molecule has 17 heavy (non-hydrogen) atoms. The summed E-state index contributed by atoms with van der Waals surface area (Å²) in [5.74, 6) is 2.32. The van der Waals surface area contributed by atoms with Crippen molar-refractivity contribution < 1.29 is 4.42 Å². The fourth-order valence-electron chi connectivity index (χ4n) is 1.98. The van der Waals surface area contributed by atoms with Crippen LogP contribution in [0, 0.1) is 13.8 Å². The molecule has 3 nitrogen and oxygen atoms in total. The van der Waals surface area contributed by atoms with Crippen molar-refractivity contribution in [1.29, 1.82) is 0 Å². The molecule has 0 atom stereocenters. The van der Waals surface area contributed by atoms with E-state index in [0.717, 1.165) is 34.2 Å². The molecule has 0 saturated heterocycles. The highest BCUT2D eigenvalue weighted by Crippen LogP contribution is 2.41. The lowest BCUT2D eigenvalue weighted by molar-refractivity contribution is 0.473. The fraction of sp³-hybridized carbons (Fsp3) is 0.357. The fourth-order valence-corrected chi connectivity index (χ4v) is 1.98. The first kappa shape index (κ1) is 10.4. The van der Waals surface area contributed by atoms with Crippen LogP contribution < -0.4 is 5.73 Å². The SMILES string of the molecule is Cc1ccc(-c2nc(C3CC3)oc2C)cc1N. The van der Waals surface area contributed by atoms with Gasteiger partial charge in [-0.15, -0.1) is 0 Å². The number of anilines is 1. The molecular formula is C14H16N2O. The van der Waals surface area contributed by atoms with Crippen molar-refractivity contribution in [1.82, 2.24) is 4.98 Å². The van der Waals surface area contributed by atoms with Crippen molar-refractivity contribution in [3.63, 3.8) is 0 Å². The van der Waals surface area contributed by atoms with Crippen LogP contribution in [-0.4, -0.2) is 4.98 Å². The van der Waals surface area contributed by atoms with Gasteiger partial charge in [0.1, 0.15) is 11.5 Å². The van der Waals surface area contributed by atoms with Crippen LogP contribution in [0.1, 0.15) is 36.0 Å². The van der Waals surface area contributed by atoms with Gasteiger partial charge in [-0.05, 0) is 38.3 Å². The minimum atomic E-state index is 0.547. The summed E-state index contributed by atoms with van der Waals surface area (Å²) in [6, 6.07) is 6.04. The molecule has 2 N–H and O–H groups in total. The summed E-state index contributed by atoms with van der Waals surface area (Å²) in [4.78, 5) is 4.59. The molecule has 3 rings (SSSR count). The zero-order chi connectivity index (χ0) is 12.0. The lowest BCUT2D eigenvalue weighted by Crippen LogP contribution is -1.90. The van der Waals surface area contributed by atoms with Crippen molar-refractivity contribution >= 4 is 5.69 Å². The smallest absolute Gasteiger partial charge is 0.198 e. The van der Waals surface area contributed by atoms with Crippen molar-refractivity contribution in [3.05, 3.63) is 35.4 Å². The van der Waals surface area contributed by atoms with E-state index in [1.807, 2.05) is 32.0 Å². The Morgan fingerprint density at radius 3 is 2.71 bits per heavy atom. The summed E-state index contributed by atoms with van der Waals surface area (Å²) < 4.78 is 5.71. The molecule has 0 spiro atoms. The predicted molar refractivity (Wildman–Crippen MR) is 67.8 cm³/mol. The minimum Gasteiger partial charge on any atom is -0.445 e. The highest BCUT2D eigenvalue weighted by atomic mass is 16.4. The average Bonchev–Trinajstić information content (AvgIpc) is 3.07. The van der Waals surface area contributed by atoms with E-state index in [9.17, 15) is 0 Å². The molecule has 0 radical (unpaired) electrons. The van der Waals surface area contributed by atoms with E-state index in [-0.39, 0.29) is 0 Å². The number of nitrogens with zero attached hydrogens (tertiary/aromatic N) is 1. The van der Waals surface area contributed by atoms with Gasteiger partial charge in [-0.1, -0.05) is 12.1 Å². The number of nitrogens with two attached hydrogens (primary N) is 1. The lowest BCUT2D eigenvalue weighted by atomic mass is 10.1. The Hall–Kier alpha value is -1.77. The molecule has 1 aliphatic rings. The number of hydrogen-bond donors (Lipinski definition) is 1. The summed E-state index contributed by atoms with van der Waals surface area (Å²) in [6.07, 6.45) is 2.41. The van der Waals surface area contributed by atoms with Gasteiger partial charge in [0.15, 0.2) is 5.89 Å². The standard InChI is InChI=1S/C14H16N2O/c1-8-3-4-11(7-12(8)15)13-9(2)17-14(16-13)10-5-6-10/h3-4,7,10H,5-6,15H2,1-2H3. The maximum Gasteiger partial charge on any atom is 0.198 e. The minimum absolute atomic E-state index is 0.547. The summed E-state index contributed by atoms with van der Waals surface area (Å²) in [6.45, 7) is 3.97. The van der Waals surface area contributed by atoms with Gasteiger partial charge in [0.2, 0.25) is 0 Å². The number of rotatable bonds is 2. The first-order valence-corrected chi connectivity index (χ1v) is 5.99. The highest BCUT2D eigenvalue weighted by molar-refractivity contribution is 5.67. The summed E-state index contributed by atoms with van der Waals surface area (Å²) in [7, 11) is 0. The number of hydrogen-bond acceptors (Lipinski definition) is 3. The molecule has 1 aromatic heterocycles. The average molecular weight is 228 g/mol. The number of aryl methyl sites for hydroxylation is 2. The summed E-state index contributed by atoms with van der Waals surface area (Å²) in [5.41, 5.74) is 9.80. The molecular weight excluding hydrogens is 212 g/mol. The van der Waals surface area contributed by atoms with Crippen molar-refractivity contribution in [2.75, 3.05) is 5.73 Å². The third kappa shape index (κ3) is 1.82. The van der Waals surface area contributed by atoms with Gasteiger partial charge in [-0.2, -0.15) is 0 Å². The Morgan fingerprint density at radius 2 is 2.06 bits per heavy atom. The maximum atomic E-state index is 5.93. The van der Waals surface area contributed by atoms with Gasteiger partial charge in [0.05, 0.1) is 0 Å². The topological polar surface area (TPSA) is 52.0 Å². The van der Waals surface area contributed by atoms with E-state index in [1.165, 1.54) is 12.8 Å². The number of benzene rings is 1. The van der Waals surface area contributed by atoms with Gasteiger partial charge in [-0.25, -0.2) is 4.98 Å². The number of aromatic nitrogens is 1. The molecule has 88 valence electrons. The normalized spacial score (nSPS) is 15.2. The molecule has 0 amide bonds. The Labute approximate surface area is 101 Å². The Kier molecular flexibility index (Phi) is 2.21. The third-order valence-electron chi connectivity index (χ3n) is 3.29. The molecule has 3 heteroatoms. The first-order chi connectivity index (χ1) is 8.15. The van der Waals surface area contributed by atoms with Crippen molar-refractivity contribution in [2.45, 2.75) is 32.6 Å². The first-order valence-electron chi connectivity index (χ1n) is 5.99. The predicted octanol–water partition coefficient (Wildman–Crippen LogP) is 3.42. The van der Waals surface area contributed by atoms with Crippen molar-refractivity contribution in [2.24, 2.45) is 0 Å². The second-order valence-corrected chi connectivity index (χ2v) is 4.80. The molecule has 0 unspecified atom stereocenters. The van der Waals surface area contributed by atoms with Gasteiger partial charge < -0.3 is 10.2 Å². The van der Waals surface area contributed by atoms with Crippen LogP contribution in [0.25, 0.3) is 11.3 Å². The van der Waals surface area contributed by atoms with Crippen LogP contribution in [0.15, 0.2) is 22.6 Å². The van der Waals surface area contributed by atoms with Gasteiger partial charge in [0, 0.05) is 17.2 Å². The Morgan fingerprint density at radius 1 is 1.29 bits per heavy atom. The highest BCUT2D eigenvalue weighted by Gasteiger charge is 2.29. The monoisotopic (exact) mass is 228 g/mol. The number of nitrogen functional groups attached to an aromatic ring is 1. The van der Waals surface area contributed by atoms with E-state index >= 15 is 0 Å². The molecule has 1 fully saturated rings. The molecule has 1 aromatic carbocycles. The molecule has 1 heterocycles. The zero-order valence-electron chi connectivity index (χ0n) is 10.2. The Bertz CT molecular complexity index is 568. The van der Waals surface area contributed by atoms with E-state index in [1.54, 1.807) is 0 Å². The van der Waals surface area contributed by atoms with Gasteiger partial charge in [0.25, 0.3) is 0 Å². The van der Waals surface area contributed by atoms with Gasteiger partial charge in [-0.3, -0.25) is 0 Å². The second kappa shape index (κ2) is 3.62. The van der Waals surface area contributed by atoms with E-state index < -0.39 is 0 Å². The van der Waals surface area contributed by atoms with Crippen LogP contribution >= 0.6 is 0 Å². The van der Waals surface area contributed by atoms with E-state index in [4.69, 9.17) is 10.2 Å². The third-order valence-corrected chi connectivity index (χ3v) is 3.29. The zero-order valence-corrected chi connectivity index (χ0v) is 10.2. The van der Waals surface area contributed by atoms with E-state index in [2.05, 4.69) is 4.98 Å². The molecule has 1 aliphatic carbocycles. The van der Waals surface area contributed by atoms with E-state index in [0.29, 0.717) is 5.92 Å². The Balaban J connectivity index is 2.04. The largest absolute Gasteiger partial charge is 0.445 e. The second-order valence-electron chi connectivity index (χ2n) is 4.80. The molecule has 0 bridgehead atoms. The van der Waals surface area contributed by atoms with Crippen LogP contribution in [0.5, 0.6) is 0 Å². The van der Waals surface area contributed by atoms with Crippen LogP contribution in [0.2, 0.25) is 0 Å². The number of oxazole rings is 1. The van der Waals surface area contributed by atoms with Crippen LogP contribution in [-0.2, 0) is 0 Å². The summed E-state index contributed by atoms with van der Waals surface area (Å²) in [5, 5.41) is 0. The van der Waals surface area contributed by atoms with Crippen molar-refractivity contribution in [3.8, 4) is 11.3 Å². The maximum absolute atomic E-state index is 5.93.